The minimum atomic E-state index is -4.67. The second kappa shape index (κ2) is 7.87. The molecule has 0 fully saturated rings. The maximum Gasteiger partial charge on any atom is 0.416 e. The van der Waals surface area contributed by atoms with Crippen LogP contribution in [0.15, 0.2) is 36.4 Å². The van der Waals surface area contributed by atoms with Crippen LogP contribution in [0.4, 0.5) is 23.2 Å². The Balaban J connectivity index is 1.86. The number of likely N-dealkylation sites (N-methyl/N-ethyl adjacent to an activating group) is 1. The van der Waals surface area contributed by atoms with Gasteiger partial charge < -0.3 is 15.2 Å². The molecule has 2 aromatic carbocycles. The topological polar surface area (TPSA) is 48.1 Å². The summed E-state index contributed by atoms with van der Waals surface area (Å²) in [6.45, 7) is 2.82. The van der Waals surface area contributed by atoms with Crippen LogP contribution in [0.3, 0.4) is 0 Å². The zero-order chi connectivity index (χ0) is 21.3. The molecular formula is C21H21F4N3O. The molecule has 3 rings (SSSR count). The maximum absolute atomic E-state index is 14.1. The Morgan fingerprint density at radius 3 is 2.48 bits per heavy atom. The Hall–Kier alpha value is -2.87. The number of carbonyl (C=O) groups is 1. The largest absolute Gasteiger partial charge is 0.416 e. The summed E-state index contributed by atoms with van der Waals surface area (Å²) in [5.74, 6) is -2.03. The van der Waals surface area contributed by atoms with Gasteiger partial charge in [-0.05, 0) is 69.4 Å². The van der Waals surface area contributed by atoms with Crippen molar-refractivity contribution in [3.63, 3.8) is 0 Å². The van der Waals surface area contributed by atoms with Crippen molar-refractivity contribution < 1.29 is 22.4 Å². The van der Waals surface area contributed by atoms with Gasteiger partial charge in [0, 0.05) is 28.8 Å². The van der Waals surface area contributed by atoms with Gasteiger partial charge in [-0.2, -0.15) is 13.2 Å². The molecule has 0 saturated heterocycles. The van der Waals surface area contributed by atoms with Gasteiger partial charge in [-0.3, -0.25) is 4.79 Å². The molecule has 0 atom stereocenters. The van der Waals surface area contributed by atoms with Gasteiger partial charge in [0.2, 0.25) is 0 Å². The van der Waals surface area contributed by atoms with Crippen molar-refractivity contribution in [1.82, 2.24) is 9.88 Å². The number of nitrogens with zero attached hydrogens (tertiary/aromatic N) is 1. The van der Waals surface area contributed by atoms with Crippen LogP contribution in [-0.2, 0) is 12.6 Å². The van der Waals surface area contributed by atoms with E-state index in [0.717, 1.165) is 41.2 Å². The smallest absolute Gasteiger partial charge is 0.358 e. The van der Waals surface area contributed by atoms with Gasteiger partial charge in [0.15, 0.2) is 0 Å². The number of hydrogen-bond donors (Lipinski definition) is 2. The highest BCUT2D eigenvalue weighted by molar-refractivity contribution is 6.05. The number of benzene rings is 2. The number of aryl methyl sites for hydroxylation is 1. The summed E-state index contributed by atoms with van der Waals surface area (Å²) in [6.07, 6.45) is -3.86. The number of nitrogens with one attached hydrogen (secondary N) is 2. The van der Waals surface area contributed by atoms with Crippen molar-refractivity contribution >= 4 is 22.5 Å². The van der Waals surface area contributed by atoms with E-state index in [9.17, 15) is 22.4 Å². The third-order valence-corrected chi connectivity index (χ3v) is 4.73. The maximum atomic E-state index is 14.1. The monoisotopic (exact) mass is 407 g/mol. The minimum Gasteiger partial charge on any atom is -0.358 e. The summed E-state index contributed by atoms with van der Waals surface area (Å²) in [4.78, 5) is 17.8. The summed E-state index contributed by atoms with van der Waals surface area (Å²) in [5.41, 5.74) is 1.91. The summed E-state index contributed by atoms with van der Waals surface area (Å²) in [5, 5.41) is 3.51. The molecule has 4 nitrogen and oxygen atoms in total. The zero-order valence-electron chi connectivity index (χ0n) is 16.2. The van der Waals surface area contributed by atoms with Crippen molar-refractivity contribution in [2.24, 2.45) is 0 Å². The SMILES string of the molecule is Cc1[nH]c2ccc(NC(=O)c3ccc(C(F)(F)F)cc3F)cc2c1CCN(C)C. The van der Waals surface area contributed by atoms with Gasteiger partial charge in [0.1, 0.15) is 5.82 Å². The third kappa shape index (κ3) is 4.59. The molecule has 1 amide bonds. The highest BCUT2D eigenvalue weighted by atomic mass is 19.4. The molecule has 0 aliphatic rings. The molecule has 0 aliphatic carbocycles. The summed E-state index contributed by atoms with van der Waals surface area (Å²) >= 11 is 0. The van der Waals surface area contributed by atoms with Crippen LogP contribution >= 0.6 is 0 Å². The van der Waals surface area contributed by atoms with Crippen molar-refractivity contribution in [2.75, 3.05) is 26.0 Å². The van der Waals surface area contributed by atoms with Crippen LogP contribution < -0.4 is 5.32 Å². The molecule has 0 bridgehead atoms. The van der Waals surface area contributed by atoms with Gasteiger partial charge >= 0.3 is 6.18 Å². The average Bonchev–Trinajstić information content (AvgIpc) is 2.93. The first-order chi connectivity index (χ1) is 13.6. The molecule has 8 heteroatoms. The molecule has 154 valence electrons. The second-order valence-electron chi connectivity index (χ2n) is 7.19. The fraction of sp³-hybridized carbons (Fsp3) is 0.286. The van der Waals surface area contributed by atoms with E-state index >= 15 is 0 Å². The number of rotatable bonds is 5. The molecular weight excluding hydrogens is 386 g/mol. The fourth-order valence-corrected chi connectivity index (χ4v) is 3.19. The van der Waals surface area contributed by atoms with Crippen molar-refractivity contribution in [2.45, 2.75) is 19.5 Å². The van der Waals surface area contributed by atoms with E-state index < -0.39 is 29.0 Å². The van der Waals surface area contributed by atoms with E-state index in [4.69, 9.17) is 0 Å². The Labute approximate surface area is 165 Å². The number of fused-ring (bicyclic) bond motifs is 1. The molecule has 1 heterocycles. The van der Waals surface area contributed by atoms with Crippen LogP contribution in [-0.4, -0.2) is 36.4 Å². The number of aromatic amines is 1. The Bertz CT molecular complexity index is 1050. The van der Waals surface area contributed by atoms with Gasteiger partial charge in [0.25, 0.3) is 5.91 Å². The van der Waals surface area contributed by atoms with Crippen molar-refractivity contribution in [3.8, 4) is 0 Å². The first kappa shape index (κ1) is 20.9. The van der Waals surface area contributed by atoms with E-state index in [0.29, 0.717) is 17.8 Å². The zero-order valence-corrected chi connectivity index (χ0v) is 16.2. The van der Waals surface area contributed by atoms with Gasteiger partial charge in [-0.25, -0.2) is 4.39 Å². The van der Waals surface area contributed by atoms with E-state index in [1.54, 1.807) is 18.2 Å². The van der Waals surface area contributed by atoms with Crippen LogP contribution in [0.25, 0.3) is 10.9 Å². The number of aromatic nitrogens is 1. The second-order valence-corrected chi connectivity index (χ2v) is 7.19. The standard InChI is InChI=1S/C21H21F4N3O/c1-12-15(8-9-28(2)3)17-11-14(5-7-19(17)26-12)27-20(29)16-6-4-13(10-18(16)22)21(23,24)25/h4-7,10-11,26H,8-9H2,1-3H3,(H,27,29). The predicted molar refractivity (Wildman–Crippen MR) is 105 cm³/mol. The predicted octanol–water partition coefficient (Wildman–Crippen LogP) is 4.99. The lowest BCUT2D eigenvalue weighted by molar-refractivity contribution is -0.137. The van der Waals surface area contributed by atoms with Gasteiger partial charge in [-0.1, -0.05) is 0 Å². The van der Waals surface area contributed by atoms with Crippen LogP contribution in [0.1, 0.15) is 27.2 Å². The van der Waals surface area contributed by atoms with E-state index in [1.807, 2.05) is 21.0 Å². The molecule has 0 spiro atoms. The van der Waals surface area contributed by atoms with E-state index in [1.165, 1.54) is 0 Å². The average molecular weight is 407 g/mol. The molecule has 1 aromatic heterocycles. The number of halogens is 4. The molecule has 0 unspecified atom stereocenters. The van der Waals surface area contributed by atoms with Gasteiger partial charge in [-0.15, -0.1) is 0 Å². The lowest BCUT2D eigenvalue weighted by Gasteiger charge is -2.11. The van der Waals surface area contributed by atoms with Crippen molar-refractivity contribution in [3.05, 3.63) is 64.6 Å². The first-order valence-electron chi connectivity index (χ1n) is 9.00. The number of alkyl halides is 3. The number of H-pyrrole nitrogens is 1. The molecule has 0 radical (unpaired) electrons. The number of carbonyl (C=O) groups excluding carboxylic acids is 1. The number of hydrogen-bond acceptors (Lipinski definition) is 2. The van der Waals surface area contributed by atoms with Gasteiger partial charge in [0.05, 0.1) is 11.1 Å². The number of amides is 1. The number of anilines is 1. The summed E-state index contributed by atoms with van der Waals surface area (Å²) in [6, 6.07) is 7.11. The quantitative estimate of drug-likeness (QED) is 0.586. The highest BCUT2D eigenvalue weighted by Gasteiger charge is 2.31. The normalized spacial score (nSPS) is 12.0. The van der Waals surface area contributed by atoms with Crippen LogP contribution in [0, 0.1) is 12.7 Å². The lowest BCUT2D eigenvalue weighted by atomic mass is 10.1. The molecule has 0 saturated carbocycles. The Morgan fingerprint density at radius 1 is 1.14 bits per heavy atom. The van der Waals surface area contributed by atoms with E-state index in [-0.39, 0.29) is 0 Å². The van der Waals surface area contributed by atoms with Crippen molar-refractivity contribution in [1.29, 1.82) is 0 Å². The third-order valence-electron chi connectivity index (χ3n) is 4.73. The molecule has 0 aliphatic heterocycles. The summed E-state index contributed by atoms with van der Waals surface area (Å²) in [7, 11) is 3.96. The summed E-state index contributed by atoms with van der Waals surface area (Å²) < 4.78 is 52.1. The Morgan fingerprint density at radius 2 is 1.86 bits per heavy atom. The minimum absolute atomic E-state index is 0.326. The first-order valence-corrected chi connectivity index (χ1v) is 9.00. The molecule has 29 heavy (non-hydrogen) atoms. The lowest BCUT2D eigenvalue weighted by Crippen LogP contribution is -2.15. The van der Waals surface area contributed by atoms with E-state index in [2.05, 4.69) is 15.2 Å². The Kier molecular flexibility index (Phi) is 5.66. The fourth-order valence-electron chi connectivity index (χ4n) is 3.19. The highest BCUT2D eigenvalue weighted by Crippen LogP contribution is 2.31. The van der Waals surface area contributed by atoms with Crippen LogP contribution in [0.2, 0.25) is 0 Å². The van der Waals surface area contributed by atoms with Crippen LogP contribution in [0.5, 0.6) is 0 Å². The molecule has 2 N–H and O–H groups in total. The molecule has 3 aromatic rings.